The van der Waals surface area contributed by atoms with Crippen LogP contribution in [0.25, 0.3) is 21.9 Å². The zero-order valence-corrected chi connectivity index (χ0v) is 18.6. The molecule has 0 aliphatic heterocycles. The second kappa shape index (κ2) is 9.36. The summed E-state index contributed by atoms with van der Waals surface area (Å²) in [5.74, 6) is 0.510. The number of nitrogens with zero attached hydrogens (tertiary/aromatic N) is 3. The summed E-state index contributed by atoms with van der Waals surface area (Å²) in [6.45, 7) is 2.99. The van der Waals surface area contributed by atoms with Crippen molar-refractivity contribution in [3.63, 3.8) is 0 Å². The fraction of sp³-hybridized carbons (Fsp3) is 0.333. The van der Waals surface area contributed by atoms with E-state index in [2.05, 4.69) is 15.8 Å². The van der Waals surface area contributed by atoms with E-state index in [1.807, 2.05) is 31.3 Å². The molecule has 5 nitrogen and oxygen atoms in total. The van der Waals surface area contributed by atoms with Gasteiger partial charge in [0.1, 0.15) is 5.75 Å². The van der Waals surface area contributed by atoms with E-state index in [-0.39, 0.29) is 17.4 Å². The molecule has 0 bridgehead atoms. The van der Waals surface area contributed by atoms with Crippen LogP contribution < -0.4 is 4.74 Å². The number of rotatable bonds is 8. The van der Waals surface area contributed by atoms with Gasteiger partial charge in [-0.25, -0.2) is 0 Å². The Balaban J connectivity index is 1.48. The van der Waals surface area contributed by atoms with Gasteiger partial charge in [0.2, 0.25) is 0 Å². The van der Waals surface area contributed by atoms with E-state index in [1.54, 1.807) is 6.07 Å². The third kappa shape index (κ3) is 4.64. The summed E-state index contributed by atoms with van der Waals surface area (Å²) in [5, 5.41) is 13.7. The van der Waals surface area contributed by atoms with Gasteiger partial charge in [-0.1, -0.05) is 30.1 Å². The number of halogens is 4. The quantitative estimate of drug-likeness (QED) is 0.259. The fourth-order valence-corrected chi connectivity index (χ4v) is 4.18. The number of hydrogen-bond acceptors (Lipinski definition) is 4. The summed E-state index contributed by atoms with van der Waals surface area (Å²) in [5.41, 5.74) is 1.48. The van der Waals surface area contributed by atoms with Crippen LogP contribution in [-0.4, -0.2) is 16.3 Å². The van der Waals surface area contributed by atoms with Gasteiger partial charge in [0.05, 0.1) is 24.5 Å². The van der Waals surface area contributed by atoms with Crippen LogP contribution >= 0.6 is 11.6 Å². The third-order valence-corrected chi connectivity index (χ3v) is 5.83. The summed E-state index contributed by atoms with van der Waals surface area (Å²) < 4.78 is 52.6. The largest absolute Gasteiger partial charge is 0.493 e. The maximum absolute atomic E-state index is 13.2. The number of aromatic nitrogens is 2. The zero-order valence-electron chi connectivity index (χ0n) is 17.9. The number of ether oxygens (including phenoxy) is 1. The summed E-state index contributed by atoms with van der Waals surface area (Å²) in [4.78, 5) is 0. The van der Waals surface area contributed by atoms with Crippen LogP contribution in [0.2, 0.25) is 5.02 Å². The summed E-state index contributed by atoms with van der Waals surface area (Å²) in [6.07, 6.45) is -0.441. The van der Waals surface area contributed by atoms with Crippen molar-refractivity contribution in [2.45, 2.75) is 45.3 Å². The van der Waals surface area contributed by atoms with Gasteiger partial charge in [-0.3, -0.25) is 0 Å². The molecular formula is C24H21ClF3N3O2. The van der Waals surface area contributed by atoms with Crippen molar-refractivity contribution in [3.05, 3.63) is 58.4 Å². The average Bonchev–Trinajstić information content (AvgIpc) is 3.37. The third-order valence-electron chi connectivity index (χ3n) is 5.48. The lowest BCUT2D eigenvalue weighted by atomic mass is 10.0. The van der Waals surface area contributed by atoms with Crippen molar-refractivity contribution in [3.8, 4) is 11.8 Å². The van der Waals surface area contributed by atoms with E-state index in [0.29, 0.717) is 42.3 Å². The van der Waals surface area contributed by atoms with Crippen molar-refractivity contribution in [2.75, 3.05) is 6.61 Å². The standard InChI is InChI=1S/C24H21ClF3N3O2/c1-2-4-17-21(6-5-18-22(17)33-30-23(18)24(26,27)28)32-12-3-10-31-11-8-16-13-15(7-9-29)19(25)14-20(16)31/h5-6,8,11,13-14H,2-4,7,10,12H2,1H3. The molecule has 0 aliphatic rings. The molecule has 0 atom stereocenters. The Labute approximate surface area is 193 Å². The van der Waals surface area contributed by atoms with Crippen molar-refractivity contribution < 1.29 is 22.4 Å². The molecule has 0 fully saturated rings. The highest BCUT2D eigenvalue weighted by Gasteiger charge is 2.37. The van der Waals surface area contributed by atoms with E-state index < -0.39 is 11.9 Å². The normalized spacial score (nSPS) is 11.9. The first-order valence-corrected chi connectivity index (χ1v) is 11.0. The molecule has 0 saturated heterocycles. The Hall–Kier alpha value is -3.18. The molecule has 4 aromatic rings. The molecule has 9 heteroatoms. The number of alkyl halides is 3. The number of aryl methyl sites for hydroxylation is 2. The molecule has 0 radical (unpaired) electrons. The molecule has 33 heavy (non-hydrogen) atoms. The number of fused-ring (bicyclic) bond motifs is 2. The SMILES string of the molecule is CCCc1c(OCCCn2ccc3cc(CC#N)c(Cl)cc32)ccc2c(C(F)(F)F)noc12. The number of nitriles is 1. The van der Waals surface area contributed by atoms with Gasteiger partial charge in [-0.05, 0) is 54.1 Å². The Morgan fingerprint density at radius 3 is 2.79 bits per heavy atom. The minimum absolute atomic E-state index is 0.0512. The van der Waals surface area contributed by atoms with Crippen LogP contribution in [-0.2, 0) is 25.6 Å². The lowest BCUT2D eigenvalue weighted by Crippen LogP contribution is -2.06. The van der Waals surface area contributed by atoms with Gasteiger partial charge in [0.25, 0.3) is 0 Å². The zero-order chi connectivity index (χ0) is 23.6. The minimum Gasteiger partial charge on any atom is -0.493 e. The highest BCUT2D eigenvalue weighted by Crippen LogP contribution is 2.38. The molecule has 2 aromatic carbocycles. The van der Waals surface area contributed by atoms with E-state index >= 15 is 0 Å². The highest BCUT2D eigenvalue weighted by molar-refractivity contribution is 6.32. The first-order chi connectivity index (χ1) is 15.8. The summed E-state index contributed by atoms with van der Waals surface area (Å²) >= 11 is 6.30. The van der Waals surface area contributed by atoms with Crippen LogP contribution in [0.3, 0.4) is 0 Å². The van der Waals surface area contributed by atoms with Crippen LogP contribution in [0.4, 0.5) is 13.2 Å². The van der Waals surface area contributed by atoms with Gasteiger partial charge < -0.3 is 13.8 Å². The Kier molecular flexibility index (Phi) is 6.52. The van der Waals surface area contributed by atoms with Gasteiger partial charge in [-0.15, -0.1) is 0 Å². The molecule has 0 spiro atoms. The van der Waals surface area contributed by atoms with E-state index in [4.69, 9.17) is 26.1 Å². The summed E-state index contributed by atoms with van der Waals surface area (Å²) in [7, 11) is 0. The molecule has 0 unspecified atom stereocenters. The topological polar surface area (TPSA) is 64.0 Å². The Bertz CT molecular complexity index is 1330. The maximum atomic E-state index is 13.2. The van der Waals surface area contributed by atoms with Crippen LogP contribution in [0.1, 0.15) is 36.6 Å². The molecule has 0 saturated carbocycles. The predicted molar refractivity (Wildman–Crippen MR) is 119 cm³/mol. The Morgan fingerprint density at radius 2 is 2.06 bits per heavy atom. The number of benzene rings is 2. The second-order valence-corrected chi connectivity index (χ2v) is 8.15. The van der Waals surface area contributed by atoms with Crippen LogP contribution in [0.15, 0.2) is 41.1 Å². The molecule has 172 valence electrons. The first-order valence-electron chi connectivity index (χ1n) is 10.6. The van der Waals surface area contributed by atoms with Gasteiger partial charge in [-0.2, -0.15) is 18.4 Å². The Morgan fingerprint density at radius 1 is 1.24 bits per heavy atom. The van der Waals surface area contributed by atoms with Crippen LogP contribution in [0.5, 0.6) is 5.75 Å². The van der Waals surface area contributed by atoms with Crippen molar-refractivity contribution >= 4 is 33.5 Å². The lowest BCUT2D eigenvalue weighted by Gasteiger charge is -2.12. The van der Waals surface area contributed by atoms with Crippen molar-refractivity contribution in [1.82, 2.24) is 9.72 Å². The summed E-state index contributed by atoms with van der Waals surface area (Å²) in [6, 6.07) is 10.8. The minimum atomic E-state index is -4.57. The first kappa shape index (κ1) is 23.0. The molecule has 4 rings (SSSR count). The van der Waals surface area contributed by atoms with E-state index in [0.717, 1.165) is 22.9 Å². The molecule has 0 amide bonds. The highest BCUT2D eigenvalue weighted by atomic mass is 35.5. The molecule has 2 heterocycles. The number of hydrogen-bond donors (Lipinski definition) is 0. The van der Waals surface area contributed by atoms with Crippen LogP contribution in [0, 0.1) is 11.3 Å². The monoisotopic (exact) mass is 475 g/mol. The molecule has 2 aromatic heterocycles. The molecular weight excluding hydrogens is 455 g/mol. The van der Waals surface area contributed by atoms with Gasteiger partial charge in [0, 0.05) is 28.8 Å². The smallest absolute Gasteiger partial charge is 0.437 e. The fourth-order valence-electron chi connectivity index (χ4n) is 3.96. The maximum Gasteiger partial charge on any atom is 0.437 e. The van der Waals surface area contributed by atoms with Gasteiger partial charge >= 0.3 is 6.18 Å². The van der Waals surface area contributed by atoms with E-state index in [1.165, 1.54) is 6.07 Å². The van der Waals surface area contributed by atoms with Crippen molar-refractivity contribution in [2.24, 2.45) is 0 Å². The predicted octanol–water partition coefficient (Wildman–Crippen LogP) is 6.94. The van der Waals surface area contributed by atoms with Crippen molar-refractivity contribution in [1.29, 1.82) is 5.26 Å². The molecule has 0 N–H and O–H groups in total. The average molecular weight is 476 g/mol. The lowest BCUT2D eigenvalue weighted by molar-refractivity contribution is -0.141. The second-order valence-electron chi connectivity index (χ2n) is 7.75. The van der Waals surface area contributed by atoms with Gasteiger partial charge in [0.15, 0.2) is 11.3 Å². The van der Waals surface area contributed by atoms with E-state index in [9.17, 15) is 13.2 Å². The molecule has 0 aliphatic carbocycles.